The van der Waals surface area contributed by atoms with Gasteiger partial charge >= 0.3 is 6.18 Å². The molecule has 1 saturated heterocycles. The average Bonchev–Trinajstić information content (AvgIpc) is 3.20. The summed E-state index contributed by atoms with van der Waals surface area (Å²) in [6.07, 6.45) is 3.58. The first kappa shape index (κ1) is 21.2. The van der Waals surface area contributed by atoms with Crippen molar-refractivity contribution in [2.45, 2.75) is 31.5 Å². The Kier molecular flexibility index (Phi) is 4.88. The number of alkyl halides is 3. The largest absolute Gasteiger partial charge is 0.472 e. The highest BCUT2D eigenvalue weighted by Gasteiger charge is 2.47. The summed E-state index contributed by atoms with van der Waals surface area (Å²) < 4.78 is 48.1. The van der Waals surface area contributed by atoms with Crippen molar-refractivity contribution in [1.82, 2.24) is 19.2 Å². The molecule has 6 nitrogen and oxygen atoms in total. The third-order valence-electron chi connectivity index (χ3n) is 7.36. The molecule has 0 bridgehead atoms. The second kappa shape index (κ2) is 7.59. The lowest BCUT2D eigenvalue weighted by molar-refractivity contribution is -0.136. The Morgan fingerprint density at radius 2 is 1.82 bits per heavy atom. The van der Waals surface area contributed by atoms with E-state index in [4.69, 9.17) is 4.42 Å². The van der Waals surface area contributed by atoms with Crippen LogP contribution < -0.4 is 0 Å². The molecule has 4 heterocycles. The zero-order valence-electron chi connectivity index (χ0n) is 17.7. The van der Waals surface area contributed by atoms with Gasteiger partial charge in [0.2, 0.25) is 0 Å². The lowest BCUT2D eigenvalue weighted by Gasteiger charge is -2.38. The number of carbonyl (C=O) groups excluding carboxylic acids is 1. The number of fused-ring (bicyclic) bond motifs is 2. The molecular formula is C23H22BrF3N4O2. The standard InChI is InChI=1S/C23H22BrF3N4O2/c24-20-19(22(32)30-4-2-29(3-5-30)17-8-14-7-15(14)9-17)28-21-18(23(25,26)27)10-16(11-31(20)21)13-1-6-33-12-13/h1,6,10-12,14-15,17H,2-5,7-9H2. The molecule has 0 spiro atoms. The van der Waals surface area contributed by atoms with Crippen LogP contribution in [0.4, 0.5) is 13.2 Å². The Labute approximate surface area is 196 Å². The summed E-state index contributed by atoms with van der Waals surface area (Å²) >= 11 is 3.35. The van der Waals surface area contributed by atoms with Gasteiger partial charge in [0.1, 0.15) is 4.60 Å². The number of aromatic nitrogens is 2. The molecule has 0 N–H and O–H groups in total. The first-order chi connectivity index (χ1) is 15.8. The lowest BCUT2D eigenvalue weighted by atomic mass is 10.1. The maximum absolute atomic E-state index is 13.9. The van der Waals surface area contributed by atoms with Crippen molar-refractivity contribution in [1.29, 1.82) is 0 Å². The molecule has 174 valence electrons. The van der Waals surface area contributed by atoms with Gasteiger partial charge in [-0.1, -0.05) is 0 Å². The predicted molar refractivity (Wildman–Crippen MR) is 118 cm³/mol. The number of halogens is 4. The van der Waals surface area contributed by atoms with E-state index in [-0.39, 0.29) is 21.9 Å². The third kappa shape index (κ3) is 3.67. The summed E-state index contributed by atoms with van der Waals surface area (Å²) in [6.45, 7) is 2.69. The van der Waals surface area contributed by atoms with Crippen molar-refractivity contribution < 1.29 is 22.4 Å². The molecule has 0 aromatic carbocycles. The van der Waals surface area contributed by atoms with Gasteiger partial charge < -0.3 is 9.32 Å². The van der Waals surface area contributed by atoms with Crippen LogP contribution in [0.1, 0.15) is 35.3 Å². The summed E-state index contributed by atoms with van der Waals surface area (Å²) in [5.41, 5.74) is -0.361. The number of amides is 1. The number of nitrogens with zero attached hydrogens (tertiary/aromatic N) is 4. The maximum atomic E-state index is 13.9. The number of imidazole rings is 1. The lowest BCUT2D eigenvalue weighted by Crippen LogP contribution is -2.51. The van der Waals surface area contributed by atoms with Gasteiger partial charge in [-0.15, -0.1) is 0 Å². The van der Waals surface area contributed by atoms with Gasteiger partial charge in [-0.05, 0) is 59.2 Å². The van der Waals surface area contributed by atoms with Crippen LogP contribution in [0.3, 0.4) is 0 Å². The van der Waals surface area contributed by atoms with E-state index in [1.54, 1.807) is 11.0 Å². The molecule has 0 radical (unpaired) electrons. The van der Waals surface area contributed by atoms with Crippen molar-refractivity contribution in [3.8, 4) is 11.1 Å². The molecule has 1 aliphatic heterocycles. The minimum absolute atomic E-state index is 0.000374. The van der Waals surface area contributed by atoms with Crippen LogP contribution in [0.5, 0.6) is 0 Å². The molecule has 10 heteroatoms. The fourth-order valence-electron chi connectivity index (χ4n) is 5.47. The normalized spacial score (nSPS) is 25.6. The van der Waals surface area contributed by atoms with Crippen LogP contribution in [-0.2, 0) is 6.18 Å². The first-order valence-corrected chi connectivity index (χ1v) is 11.9. The number of carbonyl (C=O) groups is 1. The van der Waals surface area contributed by atoms with E-state index < -0.39 is 11.7 Å². The van der Waals surface area contributed by atoms with Gasteiger partial charge in [0.25, 0.3) is 5.91 Å². The van der Waals surface area contributed by atoms with Crippen LogP contribution in [0.2, 0.25) is 0 Å². The predicted octanol–water partition coefficient (Wildman–Crippen LogP) is 4.93. The highest BCUT2D eigenvalue weighted by atomic mass is 79.9. The monoisotopic (exact) mass is 522 g/mol. The topological polar surface area (TPSA) is 54.0 Å². The Bertz CT molecular complexity index is 1200. The molecule has 2 saturated carbocycles. The molecule has 2 aliphatic carbocycles. The number of hydrogen-bond acceptors (Lipinski definition) is 4. The Morgan fingerprint density at radius 1 is 1.09 bits per heavy atom. The molecule has 2 atom stereocenters. The van der Waals surface area contributed by atoms with Crippen LogP contribution in [0, 0.1) is 11.8 Å². The zero-order chi connectivity index (χ0) is 22.9. The summed E-state index contributed by atoms with van der Waals surface area (Å²) in [7, 11) is 0. The van der Waals surface area contributed by atoms with E-state index >= 15 is 0 Å². The van der Waals surface area contributed by atoms with Gasteiger partial charge in [0, 0.05) is 49.5 Å². The fraction of sp³-hybridized carbons (Fsp3) is 0.478. The molecule has 3 aromatic rings. The van der Waals surface area contributed by atoms with Crippen molar-refractivity contribution in [3.63, 3.8) is 0 Å². The van der Waals surface area contributed by atoms with E-state index in [9.17, 15) is 18.0 Å². The van der Waals surface area contributed by atoms with Crippen LogP contribution in [0.25, 0.3) is 16.8 Å². The second-order valence-electron chi connectivity index (χ2n) is 9.31. The van der Waals surface area contributed by atoms with E-state index in [0.29, 0.717) is 30.3 Å². The highest BCUT2D eigenvalue weighted by molar-refractivity contribution is 9.10. The molecular weight excluding hydrogens is 501 g/mol. The third-order valence-corrected chi connectivity index (χ3v) is 8.12. The van der Waals surface area contributed by atoms with Gasteiger partial charge in [0.05, 0.1) is 18.1 Å². The van der Waals surface area contributed by atoms with Crippen LogP contribution in [-0.4, -0.2) is 57.3 Å². The van der Waals surface area contributed by atoms with E-state index in [1.807, 2.05) is 0 Å². The molecule has 6 rings (SSSR count). The summed E-state index contributed by atoms with van der Waals surface area (Å²) in [4.78, 5) is 21.6. The van der Waals surface area contributed by atoms with Crippen LogP contribution in [0.15, 0.2) is 39.9 Å². The van der Waals surface area contributed by atoms with Gasteiger partial charge in [-0.3, -0.25) is 14.1 Å². The molecule has 2 unspecified atom stereocenters. The van der Waals surface area contributed by atoms with Crippen molar-refractivity contribution >= 4 is 27.5 Å². The second-order valence-corrected chi connectivity index (χ2v) is 10.1. The van der Waals surface area contributed by atoms with Gasteiger partial charge in [-0.2, -0.15) is 13.2 Å². The molecule has 3 fully saturated rings. The summed E-state index contributed by atoms with van der Waals surface area (Å²) in [5, 5.41) is 0. The van der Waals surface area contributed by atoms with Crippen molar-refractivity contribution in [2.75, 3.05) is 26.2 Å². The van der Waals surface area contributed by atoms with Crippen molar-refractivity contribution in [3.05, 3.63) is 46.7 Å². The average molecular weight is 523 g/mol. The number of pyridine rings is 1. The summed E-state index contributed by atoms with van der Waals surface area (Å²) in [5.74, 6) is 1.45. The number of rotatable bonds is 3. The van der Waals surface area contributed by atoms with E-state index in [0.717, 1.165) is 31.0 Å². The summed E-state index contributed by atoms with van der Waals surface area (Å²) in [6, 6.07) is 3.24. The first-order valence-electron chi connectivity index (χ1n) is 11.1. The highest BCUT2D eigenvalue weighted by Crippen LogP contribution is 2.53. The SMILES string of the molecule is O=C(c1nc2c(C(F)(F)F)cc(-c3ccoc3)cn2c1Br)N1CCN(C2CC3CC3C2)CC1. The Morgan fingerprint density at radius 3 is 2.45 bits per heavy atom. The number of piperazine rings is 1. The molecule has 3 aliphatic rings. The maximum Gasteiger partial charge on any atom is 0.420 e. The van der Waals surface area contributed by atoms with Gasteiger partial charge in [-0.25, -0.2) is 4.98 Å². The number of hydrogen-bond donors (Lipinski definition) is 0. The quantitative estimate of drug-likeness (QED) is 0.489. The minimum Gasteiger partial charge on any atom is -0.472 e. The smallest absolute Gasteiger partial charge is 0.420 e. The number of furan rings is 1. The van der Waals surface area contributed by atoms with E-state index in [1.165, 1.54) is 42.4 Å². The molecule has 3 aromatic heterocycles. The Balaban J connectivity index is 1.29. The molecule has 1 amide bonds. The van der Waals surface area contributed by atoms with Crippen LogP contribution >= 0.6 is 15.9 Å². The van der Waals surface area contributed by atoms with E-state index in [2.05, 4.69) is 25.8 Å². The van der Waals surface area contributed by atoms with Crippen molar-refractivity contribution in [2.24, 2.45) is 11.8 Å². The Hall–Kier alpha value is -2.33. The zero-order valence-corrected chi connectivity index (χ0v) is 19.3. The van der Waals surface area contributed by atoms with Gasteiger partial charge in [0.15, 0.2) is 11.3 Å². The minimum atomic E-state index is -4.63. The molecule has 33 heavy (non-hydrogen) atoms. The fourth-order valence-corrected chi connectivity index (χ4v) is 6.00.